The van der Waals surface area contributed by atoms with Crippen LogP contribution in [-0.4, -0.2) is 60.4 Å². The molecule has 0 atom stereocenters. The molecule has 0 bridgehead atoms. The second-order valence-corrected chi connectivity index (χ2v) is 7.57. The normalized spacial score (nSPS) is 19.5. The minimum absolute atomic E-state index is 0.0986. The van der Waals surface area contributed by atoms with Crippen molar-refractivity contribution in [3.8, 4) is 0 Å². The number of benzene rings is 1. The van der Waals surface area contributed by atoms with Gasteiger partial charge in [-0.3, -0.25) is 14.8 Å². The van der Waals surface area contributed by atoms with Gasteiger partial charge in [-0.1, -0.05) is 0 Å². The van der Waals surface area contributed by atoms with Crippen LogP contribution in [0.5, 0.6) is 0 Å². The van der Waals surface area contributed by atoms with Gasteiger partial charge in [-0.2, -0.15) is 0 Å². The molecule has 0 unspecified atom stereocenters. The Labute approximate surface area is 170 Å². The number of anilines is 1. The van der Waals surface area contributed by atoms with Gasteiger partial charge in [0.25, 0.3) is 5.56 Å². The van der Waals surface area contributed by atoms with E-state index in [0.29, 0.717) is 22.3 Å². The highest BCUT2D eigenvalue weighted by Crippen LogP contribution is 2.23. The van der Waals surface area contributed by atoms with Crippen LogP contribution in [0.4, 0.5) is 5.69 Å². The van der Waals surface area contributed by atoms with E-state index < -0.39 is 0 Å². The van der Waals surface area contributed by atoms with Gasteiger partial charge in [0.15, 0.2) is 0 Å². The van der Waals surface area contributed by atoms with Crippen molar-refractivity contribution in [2.24, 2.45) is 0 Å². The van der Waals surface area contributed by atoms with Gasteiger partial charge in [0.2, 0.25) is 0 Å². The molecule has 0 amide bonds. The fourth-order valence-corrected chi connectivity index (χ4v) is 3.76. The van der Waals surface area contributed by atoms with Crippen LogP contribution in [0, 0.1) is 5.41 Å². The summed E-state index contributed by atoms with van der Waals surface area (Å²) < 4.78 is 1.57. The highest BCUT2D eigenvalue weighted by molar-refractivity contribution is 6.15. The number of hydrogen-bond donors (Lipinski definition) is 2. The number of nitrogens with zero attached hydrogens (tertiary/aromatic N) is 4. The highest BCUT2D eigenvalue weighted by Gasteiger charge is 2.18. The first-order chi connectivity index (χ1) is 14.0. The molecule has 2 heterocycles. The standard InChI is InChI=1S/C22H26N6O/c1-15-10-18(11-16(13-24-2)21(15)23)28-14-25-20-5-4-17(12-19(20)22(28)29)27-8-6-26(3)7-9-27/h4-5,10-14,23-24H,6-9H2,1-3H3/b16-13-,23-21?. The van der Waals surface area contributed by atoms with E-state index in [1.165, 1.54) is 0 Å². The molecule has 7 nitrogen and oxygen atoms in total. The van der Waals surface area contributed by atoms with Crippen LogP contribution in [0.1, 0.15) is 6.92 Å². The lowest BCUT2D eigenvalue weighted by Gasteiger charge is -2.34. The van der Waals surface area contributed by atoms with E-state index in [9.17, 15) is 4.79 Å². The topological polar surface area (TPSA) is 77.2 Å². The maximum atomic E-state index is 13.3. The number of nitrogens with one attached hydrogen (secondary N) is 2. The predicted octanol–water partition coefficient (Wildman–Crippen LogP) is 2.07. The monoisotopic (exact) mass is 390 g/mol. The van der Waals surface area contributed by atoms with Crippen molar-refractivity contribution in [1.82, 2.24) is 19.8 Å². The maximum absolute atomic E-state index is 13.3. The third-order valence-electron chi connectivity index (χ3n) is 5.54. The SMILES string of the molecule is CN/C=C1/C=C(n2cnc3ccc(N4CCN(C)CC4)cc3c2=O)C=C(C)C1=N. The van der Waals surface area contributed by atoms with Crippen molar-refractivity contribution in [1.29, 1.82) is 5.41 Å². The first-order valence-electron chi connectivity index (χ1n) is 9.80. The Hall–Kier alpha value is -3.19. The quantitative estimate of drug-likeness (QED) is 0.839. The van der Waals surface area contributed by atoms with Crippen molar-refractivity contribution in [2.75, 3.05) is 45.2 Å². The molecule has 2 aromatic rings. The number of fused-ring (bicyclic) bond motifs is 1. The fourth-order valence-electron chi connectivity index (χ4n) is 3.76. The van der Waals surface area contributed by atoms with Crippen LogP contribution >= 0.6 is 0 Å². The Morgan fingerprint density at radius 1 is 1.17 bits per heavy atom. The van der Waals surface area contributed by atoms with Gasteiger partial charge in [-0.05, 0) is 49.9 Å². The van der Waals surface area contributed by atoms with E-state index in [1.807, 2.05) is 37.3 Å². The molecule has 1 saturated heterocycles. The van der Waals surface area contributed by atoms with Crippen molar-refractivity contribution >= 4 is 28.0 Å². The zero-order chi connectivity index (χ0) is 20.5. The van der Waals surface area contributed by atoms with Crippen LogP contribution in [-0.2, 0) is 0 Å². The third-order valence-corrected chi connectivity index (χ3v) is 5.54. The highest BCUT2D eigenvalue weighted by atomic mass is 16.1. The van der Waals surface area contributed by atoms with Crippen LogP contribution in [0.15, 0.2) is 58.8 Å². The summed E-state index contributed by atoms with van der Waals surface area (Å²) in [7, 11) is 3.93. The van der Waals surface area contributed by atoms with Crippen LogP contribution in [0.2, 0.25) is 0 Å². The van der Waals surface area contributed by atoms with Gasteiger partial charge in [0, 0.05) is 50.7 Å². The minimum Gasteiger partial charge on any atom is -0.393 e. The summed E-state index contributed by atoms with van der Waals surface area (Å²) >= 11 is 0. The lowest BCUT2D eigenvalue weighted by Crippen LogP contribution is -2.44. The molecule has 1 fully saturated rings. The van der Waals surface area contributed by atoms with Gasteiger partial charge in [-0.15, -0.1) is 0 Å². The number of aromatic nitrogens is 2. The second kappa shape index (κ2) is 7.67. The van der Waals surface area contributed by atoms with Gasteiger partial charge in [0.05, 0.1) is 22.3 Å². The molecule has 0 saturated carbocycles. The van der Waals surface area contributed by atoms with E-state index >= 15 is 0 Å². The summed E-state index contributed by atoms with van der Waals surface area (Å²) in [5, 5.41) is 11.8. The van der Waals surface area contributed by atoms with Crippen molar-refractivity contribution in [3.05, 3.63) is 64.4 Å². The lowest BCUT2D eigenvalue weighted by molar-refractivity contribution is 0.313. The summed E-state index contributed by atoms with van der Waals surface area (Å²) in [5.41, 5.74) is 4.36. The van der Waals surface area contributed by atoms with Gasteiger partial charge in [-0.25, -0.2) is 4.98 Å². The molecule has 2 aliphatic rings. The van der Waals surface area contributed by atoms with Crippen LogP contribution < -0.4 is 15.8 Å². The molecule has 1 aliphatic heterocycles. The lowest BCUT2D eigenvalue weighted by atomic mass is 9.97. The smallest absolute Gasteiger partial charge is 0.265 e. The minimum atomic E-state index is -0.0986. The number of piperazine rings is 1. The number of likely N-dealkylation sites (N-methyl/N-ethyl adjacent to an activating group) is 1. The number of hydrogen-bond acceptors (Lipinski definition) is 6. The zero-order valence-corrected chi connectivity index (χ0v) is 17.1. The molecule has 1 aromatic carbocycles. The van der Waals surface area contributed by atoms with E-state index in [1.54, 1.807) is 24.1 Å². The summed E-state index contributed by atoms with van der Waals surface area (Å²) in [6, 6.07) is 5.93. The summed E-state index contributed by atoms with van der Waals surface area (Å²) in [4.78, 5) is 22.4. The molecular formula is C22H26N6O. The van der Waals surface area contributed by atoms with E-state index in [0.717, 1.165) is 43.0 Å². The first kappa shape index (κ1) is 19.1. The van der Waals surface area contributed by atoms with Gasteiger partial charge in [0.1, 0.15) is 6.33 Å². The number of allylic oxidation sites excluding steroid dienone is 5. The molecule has 4 rings (SSSR count). The molecular weight excluding hydrogens is 364 g/mol. The largest absolute Gasteiger partial charge is 0.393 e. The van der Waals surface area contributed by atoms with Gasteiger partial charge >= 0.3 is 0 Å². The van der Waals surface area contributed by atoms with E-state index in [2.05, 4.69) is 27.1 Å². The molecule has 150 valence electrons. The third kappa shape index (κ3) is 3.61. The summed E-state index contributed by atoms with van der Waals surface area (Å²) in [6.45, 7) is 5.80. The average Bonchev–Trinajstić information content (AvgIpc) is 2.72. The molecule has 29 heavy (non-hydrogen) atoms. The van der Waals surface area contributed by atoms with Gasteiger partial charge < -0.3 is 15.1 Å². The van der Waals surface area contributed by atoms with Crippen molar-refractivity contribution in [3.63, 3.8) is 0 Å². The Bertz CT molecular complexity index is 1120. The second-order valence-electron chi connectivity index (χ2n) is 7.57. The molecule has 2 N–H and O–H groups in total. The predicted molar refractivity (Wildman–Crippen MR) is 119 cm³/mol. The average molecular weight is 390 g/mol. The number of rotatable bonds is 3. The van der Waals surface area contributed by atoms with E-state index in [-0.39, 0.29) is 5.56 Å². The first-order valence-corrected chi connectivity index (χ1v) is 9.80. The van der Waals surface area contributed by atoms with Crippen molar-refractivity contribution < 1.29 is 0 Å². The molecule has 1 aromatic heterocycles. The van der Waals surface area contributed by atoms with Crippen LogP contribution in [0.25, 0.3) is 16.6 Å². The Morgan fingerprint density at radius 2 is 1.93 bits per heavy atom. The molecule has 0 radical (unpaired) electrons. The summed E-state index contributed by atoms with van der Waals surface area (Å²) in [5.74, 6) is 0. The van der Waals surface area contributed by atoms with Crippen molar-refractivity contribution in [2.45, 2.75) is 6.92 Å². The van der Waals surface area contributed by atoms with E-state index in [4.69, 9.17) is 5.41 Å². The molecule has 1 aliphatic carbocycles. The Balaban J connectivity index is 1.78. The zero-order valence-electron chi connectivity index (χ0n) is 17.1. The fraction of sp³-hybridized carbons (Fsp3) is 0.318. The molecule has 0 spiro atoms. The Kier molecular flexibility index (Phi) is 5.07. The molecule has 7 heteroatoms. The summed E-state index contributed by atoms with van der Waals surface area (Å²) in [6.07, 6.45) is 7.03. The Morgan fingerprint density at radius 3 is 2.66 bits per heavy atom. The van der Waals surface area contributed by atoms with Crippen LogP contribution in [0.3, 0.4) is 0 Å². The maximum Gasteiger partial charge on any atom is 0.265 e.